The Morgan fingerprint density at radius 2 is 2.54 bits per heavy atom. The largest absolute Gasteiger partial charge is 0.379 e. The van der Waals surface area contributed by atoms with Gasteiger partial charge in [0.15, 0.2) is 0 Å². The van der Waals surface area contributed by atoms with E-state index in [9.17, 15) is 0 Å². The lowest BCUT2D eigenvalue weighted by Gasteiger charge is -2.20. The van der Waals surface area contributed by atoms with Crippen LogP contribution < -0.4 is 5.73 Å². The highest BCUT2D eigenvalue weighted by Crippen LogP contribution is 2.22. The fraction of sp³-hybridized carbons (Fsp3) is 0.600. The molecule has 1 aliphatic heterocycles. The Morgan fingerprint density at radius 1 is 1.62 bits per heavy atom. The topological polar surface area (TPSA) is 35.2 Å². The van der Waals surface area contributed by atoms with Crippen molar-refractivity contribution in [3.8, 4) is 0 Å². The van der Waals surface area contributed by atoms with Crippen LogP contribution >= 0.6 is 11.3 Å². The molecule has 2 nitrogen and oxygen atoms in total. The normalized spacial score (nSPS) is 28.1. The summed E-state index contributed by atoms with van der Waals surface area (Å²) in [6.45, 7) is 1.57. The third-order valence-electron chi connectivity index (χ3n) is 2.58. The van der Waals surface area contributed by atoms with E-state index in [1.807, 2.05) is 11.3 Å². The molecule has 0 radical (unpaired) electrons. The molecular formula is C10H15NOS. The van der Waals surface area contributed by atoms with Crippen molar-refractivity contribution in [2.24, 2.45) is 5.73 Å². The van der Waals surface area contributed by atoms with Crippen molar-refractivity contribution in [1.82, 2.24) is 0 Å². The van der Waals surface area contributed by atoms with Crippen LogP contribution in [0.15, 0.2) is 17.5 Å². The van der Waals surface area contributed by atoms with Crippen molar-refractivity contribution < 1.29 is 4.74 Å². The van der Waals surface area contributed by atoms with Gasteiger partial charge >= 0.3 is 0 Å². The third-order valence-corrected chi connectivity index (χ3v) is 3.52. The van der Waals surface area contributed by atoms with E-state index in [0.717, 1.165) is 32.5 Å². The van der Waals surface area contributed by atoms with Crippen LogP contribution in [-0.4, -0.2) is 18.8 Å². The smallest absolute Gasteiger partial charge is 0.0647 e. The van der Waals surface area contributed by atoms with Crippen molar-refractivity contribution in [3.63, 3.8) is 0 Å². The Bertz CT molecular complexity index is 252. The number of hydrogen-bond donors (Lipinski definition) is 1. The molecule has 0 bridgehead atoms. The average Bonchev–Trinajstić information content (AvgIpc) is 2.72. The maximum atomic E-state index is 6.16. The van der Waals surface area contributed by atoms with Gasteiger partial charge in [-0.1, -0.05) is 6.07 Å². The SMILES string of the molecule is NC1(CCc2cccs2)CCOC1. The first-order chi connectivity index (χ1) is 6.29. The molecule has 2 N–H and O–H groups in total. The van der Waals surface area contributed by atoms with Crippen LogP contribution in [-0.2, 0) is 11.2 Å². The molecule has 2 rings (SSSR count). The molecule has 13 heavy (non-hydrogen) atoms. The van der Waals surface area contributed by atoms with E-state index in [2.05, 4.69) is 17.5 Å². The summed E-state index contributed by atoms with van der Waals surface area (Å²) in [7, 11) is 0. The van der Waals surface area contributed by atoms with Gasteiger partial charge in [-0.05, 0) is 30.7 Å². The summed E-state index contributed by atoms with van der Waals surface area (Å²) in [6, 6.07) is 4.26. The Kier molecular flexibility index (Phi) is 2.67. The fourth-order valence-corrected chi connectivity index (χ4v) is 2.36. The molecule has 1 saturated heterocycles. The van der Waals surface area contributed by atoms with E-state index < -0.39 is 0 Å². The zero-order valence-corrected chi connectivity index (χ0v) is 8.48. The summed E-state index contributed by atoms with van der Waals surface area (Å²) >= 11 is 1.81. The molecule has 1 unspecified atom stereocenters. The van der Waals surface area contributed by atoms with Crippen molar-refractivity contribution in [1.29, 1.82) is 0 Å². The summed E-state index contributed by atoms with van der Waals surface area (Å²) < 4.78 is 5.31. The quantitative estimate of drug-likeness (QED) is 0.802. The molecule has 72 valence electrons. The summed E-state index contributed by atoms with van der Waals surface area (Å²) in [4.78, 5) is 1.43. The van der Waals surface area contributed by atoms with E-state index in [4.69, 9.17) is 10.5 Å². The molecule has 3 heteroatoms. The fourth-order valence-electron chi connectivity index (χ4n) is 1.65. The predicted octanol–water partition coefficient (Wildman–Crippen LogP) is 1.80. The van der Waals surface area contributed by atoms with Crippen LogP contribution in [0, 0.1) is 0 Å². The van der Waals surface area contributed by atoms with Gasteiger partial charge < -0.3 is 10.5 Å². The maximum Gasteiger partial charge on any atom is 0.0647 e. The van der Waals surface area contributed by atoms with Crippen LogP contribution in [0.25, 0.3) is 0 Å². The van der Waals surface area contributed by atoms with E-state index in [0.29, 0.717) is 0 Å². The van der Waals surface area contributed by atoms with Crippen LogP contribution in [0.5, 0.6) is 0 Å². The zero-order valence-electron chi connectivity index (χ0n) is 7.66. The first-order valence-electron chi connectivity index (χ1n) is 4.68. The van der Waals surface area contributed by atoms with Crippen molar-refractivity contribution in [2.75, 3.05) is 13.2 Å². The van der Waals surface area contributed by atoms with Gasteiger partial charge in [0.1, 0.15) is 0 Å². The molecule has 0 saturated carbocycles. The van der Waals surface area contributed by atoms with E-state index >= 15 is 0 Å². The van der Waals surface area contributed by atoms with E-state index in [1.54, 1.807) is 0 Å². The van der Waals surface area contributed by atoms with Crippen molar-refractivity contribution >= 4 is 11.3 Å². The van der Waals surface area contributed by atoms with Crippen LogP contribution in [0.4, 0.5) is 0 Å². The summed E-state index contributed by atoms with van der Waals surface area (Å²) in [5, 5.41) is 2.11. The number of rotatable bonds is 3. The summed E-state index contributed by atoms with van der Waals surface area (Å²) in [5.74, 6) is 0. The number of ether oxygens (including phenoxy) is 1. The third kappa shape index (κ3) is 2.30. The number of hydrogen-bond acceptors (Lipinski definition) is 3. The van der Waals surface area contributed by atoms with Gasteiger partial charge in [0.25, 0.3) is 0 Å². The predicted molar refractivity (Wildman–Crippen MR) is 55.0 cm³/mol. The summed E-state index contributed by atoms with van der Waals surface area (Å²) in [5.41, 5.74) is 6.10. The molecule has 0 spiro atoms. The van der Waals surface area contributed by atoms with Crippen LogP contribution in [0.2, 0.25) is 0 Å². The molecule has 1 atom stereocenters. The van der Waals surface area contributed by atoms with Crippen LogP contribution in [0.3, 0.4) is 0 Å². The Morgan fingerprint density at radius 3 is 3.15 bits per heavy atom. The highest BCUT2D eigenvalue weighted by molar-refractivity contribution is 7.09. The molecule has 0 aromatic carbocycles. The molecule has 2 heterocycles. The zero-order chi connectivity index (χ0) is 9.15. The van der Waals surface area contributed by atoms with E-state index in [1.165, 1.54) is 4.88 Å². The second-order valence-corrected chi connectivity index (χ2v) is 4.78. The molecule has 0 amide bonds. The lowest BCUT2D eigenvalue weighted by atomic mass is 9.94. The van der Waals surface area contributed by atoms with Crippen LogP contribution in [0.1, 0.15) is 17.7 Å². The van der Waals surface area contributed by atoms with Gasteiger partial charge in [-0.25, -0.2) is 0 Å². The van der Waals surface area contributed by atoms with E-state index in [-0.39, 0.29) is 5.54 Å². The lowest BCUT2D eigenvalue weighted by molar-refractivity contribution is 0.176. The van der Waals surface area contributed by atoms with Gasteiger partial charge in [-0.15, -0.1) is 11.3 Å². The molecule has 1 aliphatic rings. The highest BCUT2D eigenvalue weighted by Gasteiger charge is 2.29. The first-order valence-corrected chi connectivity index (χ1v) is 5.56. The first kappa shape index (κ1) is 9.19. The minimum Gasteiger partial charge on any atom is -0.379 e. The molecule has 1 aromatic heterocycles. The monoisotopic (exact) mass is 197 g/mol. The number of thiophene rings is 1. The molecular weight excluding hydrogens is 182 g/mol. The Balaban J connectivity index is 1.85. The van der Waals surface area contributed by atoms with Gasteiger partial charge in [0.2, 0.25) is 0 Å². The Labute approximate surface area is 82.7 Å². The minimum absolute atomic E-state index is 0.0516. The second-order valence-electron chi connectivity index (χ2n) is 3.74. The van der Waals surface area contributed by atoms with Gasteiger partial charge in [-0.3, -0.25) is 0 Å². The molecule has 1 aromatic rings. The number of aryl methyl sites for hydroxylation is 1. The second kappa shape index (κ2) is 3.78. The standard InChI is InChI=1S/C10H15NOS/c11-10(5-6-12-8-10)4-3-9-2-1-7-13-9/h1-2,7H,3-6,8,11H2. The van der Waals surface area contributed by atoms with Crippen molar-refractivity contribution in [3.05, 3.63) is 22.4 Å². The minimum atomic E-state index is -0.0516. The van der Waals surface area contributed by atoms with Gasteiger partial charge in [-0.2, -0.15) is 0 Å². The van der Waals surface area contributed by atoms with Gasteiger partial charge in [0.05, 0.1) is 6.61 Å². The number of nitrogens with two attached hydrogens (primary N) is 1. The Hall–Kier alpha value is -0.380. The molecule has 1 fully saturated rings. The van der Waals surface area contributed by atoms with Gasteiger partial charge in [0, 0.05) is 17.0 Å². The molecule has 0 aliphatic carbocycles. The van der Waals surface area contributed by atoms with Crippen molar-refractivity contribution in [2.45, 2.75) is 24.8 Å². The summed E-state index contributed by atoms with van der Waals surface area (Å²) in [6.07, 6.45) is 3.16. The maximum absolute atomic E-state index is 6.16. The highest BCUT2D eigenvalue weighted by atomic mass is 32.1. The lowest BCUT2D eigenvalue weighted by Crippen LogP contribution is -2.40. The average molecular weight is 197 g/mol.